The first-order valence-electron chi connectivity index (χ1n) is 8.64. The van der Waals surface area contributed by atoms with Crippen molar-refractivity contribution in [2.24, 2.45) is 5.73 Å². The number of carbonyl (C=O) groups is 2. The predicted molar refractivity (Wildman–Crippen MR) is 100 cm³/mol. The van der Waals surface area contributed by atoms with Crippen molar-refractivity contribution in [2.75, 3.05) is 19.7 Å². The van der Waals surface area contributed by atoms with Crippen LogP contribution in [0.1, 0.15) is 27.0 Å². The fraction of sp³-hybridized carbons (Fsp3) is 0.250. The van der Waals surface area contributed by atoms with Gasteiger partial charge in [0.1, 0.15) is 18.1 Å². The van der Waals surface area contributed by atoms with E-state index in [9.17, 15) is 9.59 Å². The molecule has 1 aliphatic rings. The summed E-state index contributed by atoms with van der Waals surface area (Å²) >= 11 is 0. The zero-order valence-corrected chi connectivity index (χ0v) is 14.8. The summed E-state index contributed by atoms with van der Waals surface area (Å²) in [6, 6.07) is 12.7. The summed E-state index contributed by atoms with van der Waals surface area (Å²) in [5.41, 5.74) is 8.63. The molecule has 0 bridgehead atoms. The molecule has 27 heavy (non-hydrogen) atoms. The van der Waals surface area contributed by atoms with Crippen molar-refractivity contribution >= 4 is 17.7 Å². The molecular formula is C20H21N3O4. The highest BCUT2D eigenvalue weighted by molar-refractivity contribution is 5.98. The Kier molecular flexibility index (Phi) is 5.40. The van der Waals surface area contributed by atoms with E-state index in [-0.39, 0.29) is 18.3 Å². The summed E-state index contributed by atoms with van der Waals surface area (Å²) in [6.07, 6.45) is 1.32. The van der Waals surface area contributed by atoms with E-state index < -0.39 is 5.97 Å². The lowest BCUT2D eigenvalue weighted by molar-refractivity contribution is -0.137. The molecule has 4 N–H and O–H groups in total. The van der Waals surface area contributed by atoms with Crippen molar-refractivity contribution in [2.45, 2.75) is 12.8 Å². The third kappa shape index (κ3) is 4.44. The maximum atomic E-state index is 12.3. The molecule has 3 rings (SSSR count). The number of rotatable bonds is 7. The highest BCUT2D eigenvalue weighted by Crippen LogP contribution is 2.24. The van der Waals surface area contributed by atoms with Gasteiger partial charge in [-0.25, -0.2) is 0 Å². The van der Waals surface area contributed by atoms with E-state index in [0.29, 0.717) is 42.9 Å². The molecule has 0 atom stereocenters. The Hall–Kier alpha value is -3.35. The summed E-state index contributed by atoms with van der Waals surface area (Å²) in [7, 11) is 0. The maximum Gasteiger partial charge on any atom is 0.323 e. The van der Waals surface area contributed by atoms with Gasteiger partial charge in [0, 0.05) is 24.1 Å². The number of aliphatic carboxylic acids is 1. The van der Waals surface area contributed by atoms with E-state index in [2.05, 4.69) is 0 Å². The lowest BCUT2D eigenvalue weighted by Gasteiger charge is -2.27. The molecular weight excluding hydrogens is 346 g/mol. The minimum atomic E-state index is -1.01. The zero-order valence-electron chi connectivity index (χ0n) is 14.8. The molecule has 2 aromatic rings. The molecule has 1 amide bonds. The summed E-state index contributed by atoms with van der Waals surface area (Å²) in [5, 5.41) is 16.3. The molecule has 0 fully saturated rings. The summed E-state index contributed by atoms with van der Waals surface area (Å²) in [4.78, 5) is 24.5. The summed E-state index contributed by atoms with van der Waals surface area (Å²) in [6.45, 7) is 0.598. The fourth-order valence-electron chi connectivity index (χ4n) is 3.05. The Labute approximate surface area is 156 Å². The number of carboxylic acids is 1. The Morgan fingerprint density at radius 1 is 1.22 bits per heavy atom. The average molecular weight is 367 g/mol. The van der Waals surface area contributed by atoms with Crippen molar-refractivity contribution in [1.82, 2.24) is 4.90 Å². The fourth-order valence-corrected chi connectivity index (χ4v) is 3.05. The number of amidine groups is 1. The molecule has 2 aromatic carbocycles. The topological polar surface area (TPSA) is 117 Å². The van der Waals surface area contributed by atoms with Crippen molar-refractivity contribution in [3.63, 3.8) is 0 Å². The van der Waals surface area contributed by atoms with Crippen LogP contribution in [-0.4, -0.2) is 47.4 Å². The third-order valence-corrected chi connectivity index (χ3v) is 4.50. The molecule has 0 aliphatic carbocycles. The first kappa shape index (κ1) is 18.4. The van der Waals surface area contributed by atoms with E-state index in [1.165, 1.54) is 4.90 Å². The molecule has 0 saturated heterocycles. The van der Waals surface area contributed by atoms with Gasteiger partial charge >= 0.3 is 5.97 Å². The minimum absolute atomic E-state index is 0.0447. The summed E-state index contributed by atoms with van der Waals surface area (Å²) in [5.74, 6) is -0.532. The van der Waals surface area contributed by atoms with Gasteiger partial charge in [-0.05, 0) is 35.7 Å². The van der Waals surface area contributed by atoms with Gasteiger partial charge in [0.2, 0.25) is 0 Å². The molecule has 7 heteroatoms. The first-order valence-corrected chi connectivity index (χ1v) is 8.64. The van der Waals surface area contributed by atoms with Crippen molar-refractivity contribution in [1.29, 1.82) is 5.41 Å². The van der Waals surface area contributed by atoms with Gasteiger partial charge < -0.3 is 20.5 Å². The highest BCUT2D eigenvalue weighted by Gasteiger charge is 2.25. The van der Waals surface area contributed by atoms with Crippen LogP contribution in [0.4, 0.5) is 0 Å². The lowest BCUT2D eigenvalue weighted by atomic mass is 9.98. The normalized spacial score (nSPS) is 13.2. The van der Waals surface area contributed by atoms with E-state index in [0.717, 1.165) is 11.1 Å². The van der Waals surface area contributed by atoms with Gasteiger partial charge in [-0.2, -0.15) is 0 Å². The van der Waals surface area contributed by atoms with Gasteiger partial charge in [-0.3, -0.25) is 15.0 Å². The Morgan fingerprint density at radius 2 is 1.96 bits per heavy atom. The highest BCUT2D eigenvalue weighted by atomic mass is 16.5. The number of hydrogen-bond acceptors (Lipinski definition) is 4. The second kappa shape index (κ2) is 7.90. The van der Waals surface area contributed by atoms with Crippen molar-refractivity contribution in [3.05, 3.63) is 64.7 Å². The maximum absolute atomic E-state index is 12.3. The number of hydrogen-bond donors (Lipinski definition) is 3. The number of benzene rings is 2. The predicted octanol–water partition coefficient (Wildman–Crippen LogP) is 1.68. The number of carbonyl (C=O) groups excluding carboxylic acids is 1. The number of nitrogens with zero attached hydrogens (tertiary/aromatic N) is 1. The number of amides is 1. The number of fused-ring (bicyclic) bond motifs is 1. The Balaban J connectivity index is 1.59. The molecule has 0 aromatic heterocycles. The number of carboxylic acid groups (broad SMARTS) is 1. The largest absolute Gasteiger partial charge is 0.493 e. The van der Waals surface area contributed by atoms with Crippen LogP contribution in [0.25, 0.3) is 0 Å². The van der Waals surface area contributed by atoms with Crippen LogP contribution in [0.5, 0.6) is 5.75 Å². The molecule has 1 aliphatic heterocycles. The van der Waals surface area contributed by atoms with Gasteiger partial charge in [-0.1, -0.05) is 24.3 Å². The SMILES string of the molecule is N=C(N)c1ccc(CCOc2ccc3c(c2)CCN(CC(=O)O)C3=O)cc1. The molecule has 0 spiro atoms. The zero-order chi connectivity index (χ0) is 19.4. The van der Waals surface area contributed by atoms with Gasteiger partial charge in [0.15, 0.2) is 0 Å². The third-order valence-electron chi connectivity index (χ3n) is 4.50. The first-order chi connectivity index (χ1) is 12.9. The van der Waals surface area contributed by atoms with E-state index >= 15 is 0 Å². The Bertz CT molecular complexity index is 877. The molecule has 0 unspecified atom stereocenters. The molecule has 140 valence electrons. The Morgan fingerprint density at radius 3 is 2.63 bits per heavy atom. The molecule has 7 nitrogen and oxygen atoms in total. The average Bonchev–Trinajstić information content (AvgIpc) is 2.64. The van der Waals surface area contributed by atoms with Gasteiger partial charge in [0.05, 0.1) is 6.61 Å². The van der Waals surface area contributed by atoms with Gasteiger partial charge in [0.25, 0.3) is 5.91 Å². The smallest absolute Gasteiger partial charge is 0.323 e. The van der Waals surface area contributed by atoms with Gasteiger partial charge in [-0.15, -0.1) is 0 Å². The van der Waals surface area contributed by atoms with Crippen LogP contribution in [-0.2, 0) is 17.6 Å². The van der Waals surface area contributed by atoms with Crippen molar-refractivity contribution < 1.29 is 19.4 Å². The molecule has 1 heterocycles. The van der Waals surface area contributed by atoms with Crippen LogP contribution < -0.4 is 10.5 Å². The lowest BCUT2D eigenvalue weighted by Crippen LogP contribution is -2.40. The second-order valence-corrected chi connectivity index (χ2v) is 6.40. The van der Waals surface area contributed by atoms with Crippen LogP contribution in [0.3, 0.4) is 0 Å². The van der Waals surface area contributed by atoms with Crippen molar-refractivity contribution in [3.8, 4) is 5.75 Å². The summed E-state index contributed by atoms with van der Waals surface area (Å²) < 4.78 is 5.79. The number of nitrogen functional groups attached to an aromatic ring is 1. The van der Waals surface area contributed by atoms with E-state index in [4.69, 9.17) is 21.0 Å². The monoisotopic (exact) mass is 367 g/mol. The molecule has 0 saturated carbocycles. The number of ether oxygens (including phenoxy) is 1. The van der Waals surface area contributed by atoms with Crippen LogP contribution in [0, 0.1) is 5.41 Å². The second-order valence-electron chi connectivity index (χ2n) is 6.40. The molecule has 0 radical (unpaired) electrons. The van der Waals surface area contributed by atoms with E-state index in [1.54, 1.807) is 12.1 Å². The van der Waals surface area contributed by atoms with E-state index in [1.807, 2.05) is 30.3 Å². The van der Waals surface area contributed by atoms with Crippen LogP contribution >= 0.6 is 0 Å². The minimum Gasteiger partial charge on any atom is -0.493 e. The quantitative estimate of drug-likeness (QED) is 0.508. The van der Waals surface area contributed by atoms with Crippen LogP contribution in [0.15, 0.2) is 42.5 Å². The number of nitrogens with one attached hydrogen (secondary N) is 1. The van der Waals surface area contributed by atoms with Crippen LogP contribution in [0.2, 0.25) is 0 Å². The number of nitrogens with two attached hydrogens (primary N) is 1. The standard InChI is InChI=1S/C20H21N3O4/c21-19(22)14-3-1-13(2-4-14)8-10-27-16-5-6-17-15(11-16)7-9-23(20(17)26)12-18(24)25/h1-6,11H,7-10,12H2,(H3,21,22)(H,24,25).